The van der Waals surface area contributed by atoms with Crippen molar-refractivity contribution < 1.29 is 18.0 Å². The molecule has 0 atom stereocenters. The Bertz CT molecular complexity index is 607. The third kappa shape index (κ3) is 1.58. The molecule has 3 nitrogen and oxygen atoms in total. The molecular formula is C13H12BrF3N2O. The molecule has 0 radical (unpaired) electrons. The van der Waals surface area contributed by atoms with E-state index in [1.165, 1.54) is 0 Å². The van der Waals surface area contributed by atoms with Crippen molar-refractivity contribution in [2.75, 3.05) is 5.73 Å². The van der Waals surface area contributed by atoms with Crippen LogP contribution in [-0.2, 0) is 0 Å². The lowest BCUT2D eigenvalue weighted by molar-refractivity contribution is -0.346. The van der Waals surface area contributed by atoms with Gasteiger partial charge in [0.05, 0.1) is 16.7 Å². The second-order valence-electron chi connectivity index (χ2n) is 5.91. The van der Waals surface area contributed by atoms with Gasteiger partial charge in [0.15, 0.2) is 5.78 Å². The highest BCUT2D eigenvalue weighted by Crippen LogP contribution is 2.79. The van der Waals surface area contributed by atoms with Crippen LogP contribution >= 0.6 is 15.9 Å². The highest BCUT2D eigenvalue weighted by atomic mass is 79.9. The van der Waals surface area contributed by atoms with Gasteiger partial charge in [-0.3, -0.25) is 4.79 Å². The smallest absolute Gasteiger partial charge is 0.383 e. The molecule has 0 aromatic carbocycles. The van der Waals surface area contributed by atoms with Crippen LogP contribution in [-0.4, -0.2) is 16.9 Å². The standard InChI is InChI=1S/C13H12BrF3N2O/c1-6-8(14)2-7(10(18)19-6)9(20)11-3-12(4-11,5-11)13(15,16)17/h2H,3-5H2,1H3,(H2,18,19). The quantitative estimate of drug-likeness (QED) is 0.830. The number of halogens is 4. The summed E-state index contributed by atoms with van der Waals surface area (Å²) in [7, 11) is 0. The number of carbonyl (C=O) groups excluding carboxylic acids is 1. The average molecular weight is 349 g/mol. The number of anilines is 1. The number of aryl methyl sites for hydroxylation is 1. The van der Waals surface area contributed by atoms with Crippen molar-refractivity contribution in [3.8, 4) is 0 Å². The van der Waals surface area contributed by atoms with Crippen molar-refractivity contribution >= 4 is 27.5 Å². The van der Waals surface area contributed by atoms with Gasteiger partial charge in [0.2, 0.25) is 0 Å². The van der Waals surface area contributed by atoms with Gasteiger partial charge in [0.1, 0.15) is 5.82 Å². The Labute approximate surface area is 121 Å². The summed E-state index contributed by atoms with van der Waals surface area (Å²) in [5, 5.41) is 0. The fourth-order valence-electron chi connectivity index (χ4n) is 3.40. The maximum Gasteiger partial charge on any atom is 0.394 e. The number of alkyl halides is 3. The zero-order valence-electron chi connectivity index (χ0n) is 10.6. The van der Waals surface area contributed by atoms with Gasteiger partial charge in [0.25, 0.3) is 0 Å². The molecule has 4 rings (SSSR count). The van der Waals surface area contributed by atoms with E-state index in [0.717, 1.165) is 0 Å². The molecule has 1 aromatic heterocycles. The van der Waals surface area contributed by atoms with Crippen LogP contribution in [0.25, 0.3) is 0 Å². The van der Waals surface area contributed by atoms with Crippen molar-refractivity contribution in [1.29, 1.82) is 0 Å². The minimum Gasteiger partial charge on any atom is -0.383 e. The highest BCUT2D eigenvalue weighted by molar-refractivity contribution is 9.10. The first-order valence-electron chi connectivity index (χ1n) is 6.14. The minimum absolute atomic E-state index is 0.0847. The Hall–Kier alpha value is -1.11. The lowest BCUT2D eigenvalue weighted by Crippen LogP contribution is -2.70. The number of carbonyl (C=O) groups is 1. The molecule has 0 saturated heterocycles. The first-order valence-corrected chi connectivity index (χ1v) is 6.94. The third-order valence-corrected chi connectivity index (χ3v) is 5.34. The molecule has 0 unspecified atom stereocenters. The second-order valence-corrected chi connectivity index (χ2v) is 6.76. The Kier molecular flexibility index (Phi) is 2.60. The summed E-state index contributed by atoms with van der Waals surface area (Å²) in [5.41, 5.74) is 4.08. The molecule has 108 valence electrons. The molecule has 7 heteroatoms. The van der Waals surface area contributed by atoms with Gasteiger partial charge in [0, 0.05) is 9.89 Å². The molecule has 1 heterocycles. The second kappa shape index (κ2) is 3.75. The lowest BCUT2D eigenvalue weighted by Gasteiger charge is -2.69. The summed E-state index contributed by atoms with van der Waals surface area (Å²) in [4.78, 5) is 16.5. The van der Waals surface area contributed by atoms with Crippen LogP contribution in [0.1, 0.15) is 35.3 Å². The largest absolute Gasteiger partial charge is 0.394 e. The third-order valence-electron chi connectivity index (χ3n) is 4.54. The summed E-state index contributed by atoms with van der Waals surface area (Å²) in [6.45, 7) is 1.73. The summed E-state index contributed by atoms with van der Waals surface area (Å²) in [6, 6.07) is 1.56. The van der Waals surface area contributed by atoms with Gasteiger partial charge < -0.3 is 5.73 Å². The fraction of sp³-hybridized carbons (Fsp3) is 0.538. The predicted octanol–water partition coefficient (Wildman–Crippen LogP) is 3.65. The molecule has 3 aliphatic carbocycles. The molecule has 3 saturated carbocycles. The topological polar surface area (TPSA) is 56.0 Å². The number of nitrogens with zero attached hydrogens (tertiary/aromatic N) is 1. The Morgan fingerprint density at radius 2 is 1.95 bits per heavy atom. The van der Waals surface area contributed by atoms with Gasteiger partial charge in [-0.25, -0.2) is 4.98 Å². The molecule has 2 N–H and O–H groups in total. The molecular weight excluding hydrogens is 337 g/mol. The number of pyridine rings is 1. The van der Waals surface area contributed by atoms with E-state index in [1.54, 1.807) is 13.0 Å². The maximum atomic E-state index is 12.8. The Balaban J connectivity index is 1.86. The Morgan fingerprint density at radius 3 is 2.45 bits per heavy atom. The average Bonchev–Trinajstić information content (AvgIpc) is 2.16. The van der Waals surface area contributed by atoms with Gasteiger partial charge in [-0.1, -0.05) is 0 Å². The number of ketones is 1. The van der Waals surface area contributed by atoms with E-state index in [4.69, 9.17) is 5.73 Å². The number of hydrogen-bond acceptors (Lipinski definition) is 3. The first kappa shape index (κ1) is 13.9. The molecule has 3 fully saturated rings. The van der Waals surface area contributed by atoms with E-state index in [1.807, 2.05) is 0 Å². The number of nitrogens with two attached hydrogens (primary N) is 1. The zero-order valence-corrected chi connectivity index (χ0v) is 12.2. The van der Waals surface area contributed by atoms with Crippen molar-refractivity contribution in [3.63, 3.8) is 0 Å². The van der Waals surface area contributed by atoms with E-state index < -0.39 is 17.0 Å². The van der Waals surface area contributed by atoms with E-state index >= 15 is 0 Å². The summed E-state index contributed by atoms with van der Waals surface area (Å²) < 4.78 is 39.0. The minimum atomic E-state index is -4.22. The SMILES string of the molecule is Cc1nc(N)c(C(=O)C23CC(C(F)(F)F)(C2)C3)cc1Br. The zero-order chi connectivity index (χ0) is 14.9. The Morgan fingerprint density at radius 1 is 1.40 bits per heavy atom. The highest BCUT2D eigenvalue weighted by Gasteiger charge is 2.80. The molecule has 1 aromatic rings. The van der Waals surface area contributed by atoms with Crippen molar-refractivity contribution in [1.82, 2.24) is 4.98 Å². The van der Waals surface area contributed by atoms with Gasteiger partial charge in [-0.05, 0) is 48.2 Å². The lowest BCUT2D eigenvalue weighted by atomic mass is 9.33. The predicted molar refractivity (Wildman–Crippen MR) is 70.2 cm³/mol. The van der Waals surface area contributed by atoms with Crippen LogP contribution < -0.4 is 5.73 Å². The normalized spacial score (nSPS) is 31.4. The van der Waals surface area contributed by atoms with Gasteiger partial charge >= 0.3 is 6.18 Å². The van der Waals surface area contributed by atoms with Crippen molar-refractivity contribution in [3.05, 3.63) is 21.8 Å². The number of aromatic nitrogens is 1. The van der Waals surface area contributed by atoms with E-state index in [2.05, 4.69) is 20.9 Å². The van der Waals surface area contributed by atoms with Crippen molar-refractivity contribution in [2.24, 2.45) is 10.8 Å². The number of nitrogen functional groups attached to an aromatic ring is 1. The summed E-state index contributed by atoms with van der Waals surface area (Å²) in [6.07, 6.45) is -4.57. The molecule has 2 bridgehead atoms. The van der Waals surface area contributed by atoms with E-state index in [-0.39, 0.29) is 36.4 Å². The van der Waals surface area contributed by atoms with Crippen LogP contribution in [0.3, 0.4) is 0 Å². The van der Waals surface area contributed by atoms with Crippen LogP contribution in [0.5, 0.6) is 0 Å². The molecule has 3 aliphatic rings. The number of hydrogen-bond donors (Lipinski definition) is 1. The van der Waals surface area contributed by atoms with Crippen LogP contribution in [0.2, 0.25) is 0 Å². The number of Topliss-reactive ketones (excluding diaryl/α,β-unsaturated/α-hetero) is 1. The van der Waals surface area contributed by atoms with Crippen LogP contribution in [0.4, 0.5) is 19.0 Å². The van der Waals surface area contributed by atoms with Gasteiger partial charge in [-0.2, -0.15) is 13.2 Å². The van der Waals surface area contributed by atoms with E-state index in [0.29, 0.717) is 10.2 Å². The molecule has 0 spiro atoms. The summed E-state index contributed by atoms with van der Waals surface area (Å²) in [5.74, 6) is -0.226. The summed E-state index contributed by atoms with van der Waals surface area (Å²) >= 11 is 3.26. The first-order chi connectivity index (χ1) is 9.10. The van der Waals surface area contributed by atoms with Crippen LogP contribution in [0.15, 0.2) is 10.5 Å². The van der Waals surface area contributed by atoms with Crippen LogP contribution in [0, 0.1) is 17.8 Å². The number of rotatable bonds is 2. The van der Waals surface area contributed by atoms with Gasteiger partial charge in [-0.15, -0.1) is 0 Å². The molecule has 0 amide bonds. The van der Waals surface area contributed by atoms with E-state index in [9.17, 15) is 18.0 Å². The van der Waals surface area contributed by atoms with Crippen molar-refractivity contribution in [2.45, 2.75) is 32.4 Å². The molecule has 0 aliphatic heterocycles. The molecule has 20 heavy (non-hydrogen) atoms. The fourth-order valence-corrected chi connectivity index (χ4v) is 3.71. The maximum absolute atomic E-state index is 12.8. The monoisotopic (exact) mass is 348 g/mol.